The fourth-order valence-electron chi connectivity index (χ4n) is 3.08. The number of hydrogen-bond donors (Lipinski definition) is 3. The normalized spacial score (nSPS) is 17.2. The maximum absolute atomic E-state index is 12.8. The van der Waals surface area contributed by atoms with Crippen molar-refractivity contribution in [3.63, 3.8) is 0 Å². The summed E-state index contributed by atoms with van der Waals surface area (Å²) in [6, 6.07) is 3.94. The van der Waals surface area contributed by atoms with Gasteiger partial charge in [0.1, 0.15) is 4.90 Å². The van der Waals surface area contributed by atoms with E-state index in [1.165, 1.54) is 31.7 Å². The quantitative estimate of drug-likeness (QED) is 0.649. The second-order valence-electron chi connectivity index (χ2n) is 6.47. The minimum Gasteiger partial charge on any atom is -0.478 e. The number of anilines is 1. The molecule has 0 heterocycles. The maximum atomic E-state index is 12.8. The van der Waals surface area contributed by atoms with Crippen molar-refractivity contribution >= 4 is 21.7 Å². The van der Waals surface area contributed by atoms with E-state index in [4.69, 9.17) is 4.74 Å². The monoisotopic (exact) mass is 370 g/mol. The molecule has 0 radical (unpaired) electrons. The molecule has 7 nitrogen and oxygen atoms in total. The van der Waals surface area contributed by atoms with E-state index in [0.29, 0.717) is 5.69 Å². The third-order valence-corrected chi connectivity index (χ3v) is 5.89. The molecular weight excluding hydrogens is 344 g/mol. The lowest BCUT2D eigenvalue weighted by Gasteiger charge is -2.25. The van der Waals surface area contributed by atoms with Crippen molar-refractivity contribution in [3.8, 4) is 0 Å². The van der Waals surface area contributed by atoms with Crippen molar-refractivity contribution in [2.75, 3.05) is 19.0 Å². The van der Waals surface area contributed by atoms with Crippen molar-refractivity contribution in [1.82, 2.24) is 4.72 Å². The third-order valence-electron chi connectivity index (χ3n) is 4.26. The molecule has 0 saturated heterocycles. The molecule has 0 aromatic heterocycles. The van der Waals surface area contributed by atoms with Gasteiger partial charge in [-0.1, -0.05) is 19.3 Å². The third kappa shape index (κ3) is 5.42. The summed E-state index contributed by atoms with van der Waals surface area (Å²) < 4.78 is 33.0. The summed E-state index contributed by atoms with van der Waals surface area (Å²) in [7, 11) is -2.38. The summed E-state index contributed by atoms with van der Waals surface area (Å²) in [6.45, 7) is 1.92. The number of ether oxygens (including phenoxy) is 1. The van der Waals surface area contributed by atoms with Gasteiger partial charge in [-0.15, -0.1) is 0 Å². The van der Waals surface area contributed by atoms with Gasteiger partial charge in [0.15, 0.2) is 0 Å². The van der Waals surface area contributed by atoms with Crippen molar-refractivity contribution < 1.29 is 23.1 Å². The highest BCUT2D eigenvalue weighted by Crippen LogP contribution is 2.27. The lowest BCUT2D eigenvalue weighted by atomic mass is 9.95. The van der Waals surface area contributed by atoms with E-state index in [-0.39, 0.29) is 23.1 Å². The molecular formula is C17H26N2O5S. The topological polar surface area (TPSA) is 105 Å². The number of nitrogens with one attached hydrogen (secondary N) is 2. The van der Waals surface area contributed by atoms with Crippen LogP contribution in [-0.4, -0.2) is 45.3 Å². The number of carbonyl (C=O) groups is 1. The predicted octanol–water partition coefficient (Wildman–Crippen LogP) is 2.44. The van der Waals surface area contributed by atoms with Crippen LogP contribution in [0, 0.1) is 0 Å². The number of carboxylic acids is 1. The van der Waals surface area contributed by atoms with Crippen LogP contribution in [0.3, 0.4) is 0 Å². The van der Waals surface area contributed by atoms with E-state index in [9.17, 15) is 18.3 Å². The average molecular weight is 370 g/mol. The molecule has 1 aliphatic carbocycles. The van der Waals surface area contributed by atoms with Crippen LogP contribution in [-0.2, 0) is 14.8 Å². The summed E-state index contributed by atoms with van der Waals surface area (Å²) in [5.74, 6) is -1.16. The molecule has 25 heavy (non-hydrogen) atoms. The zero-order valence-corrected chi connectivity index (χ0v) is 15.4. The SMILES string of the molecule is COC[C@H](C)NS(=O)(=O)c1cc(C(=O)O)ccc1NC1CCCCC1. The first kappa shape index (κ1) is 19.7. The Labute approximate surface area is 148 Å². The molecule has 8 heteroatoms. The molecule has 1 aromatic carbocycles. The number of hydrogen-bond acceptors (Lipinski definition) is 5. The number of benzene rings is 1. The molecule has 0 aliphatic heterocycles. The predicted molar refractivity (Wildman–Crippen MR) is 95.6 cm³/mol. The molecule has 1 aromatic rings. The summed E-state index contributed by atoms with van der Waals surface area (Å²) >= 11 is 0. The molecule has 1 atom stereocenters. The highest BCUT2D eigenvalue weighted by Gasteiger charge is 2.24. The van der Waals surface area contributed by atoms with Gasteiger partial charge in [-0.2, -0.15) is 0 Å². The lowest BCUT2D eigenvalue weighted by Crippen LogP contribution is -2.36. The number of rotatable bonds is 8. The maximum Gasteiger partial charge on any atom is 0.335 e. The van der Waals surface area contributed by atoms with Crippen molar-refractivity contribution in [2.45, 2.75) is 56.0 Å². The zero-order valence-electron chi connectivity index (χ0n) is 14.6. The molecule has 0 spiro atoms. The van der Waals surface area contributed by atoms with Gasteiger partial charge in [0.05, 0.1) is 17.9 Å². The molecule has 140 valence electrons. The molecule has 2 rings (SSSR count). The average Bonchev–Trinajstić information content (AvgIpc) is 2.55. The number of methoxy groups -OCH3 is 1. The second kappa shape index (κ2) is 8.64. The molecule has 0 unspecified atom stereocenters. The highest BCUT2D eigenvalue weighted by atomic mass is 32.2. The van der Waals surface area contributed by atoms with E-state index in [2.05, 4.69) is 10.0 Å². The Morgan fingerprint density at radius 1 is 1.32 bits per heavy atom. The van der Waals surface area contributed by atoms with Gasteiger partial charge >= 0.3 is 5.97 Å². The summed E-state index contributed by atoms with van der Waals surface area (Å²) in [4.78, 5) is 11.2. The van der Waals surface area contributed by atoms with Crippen LogP contribution in [0.5, 0.6) is 0 Å². The Hall–Kier alpha value is -1.64. The molecule has 1 fully saturated rings. The Balaban J connectivity index is 2.33. The first-order valence-corrected chi connectivity index (χ1v) is 9.97. The Bertz CT molecular complexity index is 699. The minimum absolute atomic E-state index is 0.0408. The Morgan fingerprint density at radius 2 is 2.00 bits per heavy atom. The van der Waals surface area contributed by atoms with Gasteiger partial charge in [-0.25, -0.2) is 17.9 Å². The van der Waals surface area contributed by atoms with Gasteiger partial charge in [-0.3, -0.25) is 0 Å². The van der Waals surface area contributed by atoms with E-state index in [1.54, 1.807) is 6.92 Å². The van der Waals surface area contributed by atoms with Crippen molar-refractivity contribution in [3.05, 3.63) is 23.8 Å². The van der Waals surface area contributed by atoms with Crippen molar-refractivity contribution in [1.29, 1.82) is 0 Å². The van der Waals surface area contributed by atoms with E-state index in [1.807, 2.05) is 0 Å². The number of sulfonamides is 1. The van der Waals surface area contributed by atoms with Crippen LogP contribution < -0.4 is 10.0 Å². The molecule has 1 aliphatic rings. The van der Waals surface area contributed by atoms with Crippen LogP contribution in [0.4, 0.5) is 5.69 Å². The van der Waals surface area contributed by atoms with Crippen LogP contribution >= 0.6 is 0 Å². The first-order chi connectivity index (χ1) is 11.8. The largest absolute Gasteiger partial charge is 0.478 e. The fourth-order valence-corrected chi connectivity index (χ4v) is 4.50. The summed E-state index contributed by atoms with van der Waals surface area (Å²) in [6.07, 6.45) is 5.37. The lowest BCUT2D eigenvalue weighted by molar-refractivity contribution is 0.0696. The smallest absolute Gasteiger partial charge is 0.335 e. The van der Waals surface area contributed by atoms with Gasteiger partial charge < -0.3 is 15.2 Å². The van der Waals surface area contributed by atoms with Gasteiger partial charge in [0.25, 0.3) is 0 Å². The van der Waals surface area contributed by atoms with Gasteiger partial charge in [0, 0.05) is 19.2 Å². The minimum atomic E-state index is -3.87. The zero-order chi connectivity index (χ0) is 18.4. The van der Waals surface area contributed by atoms with Crippen molar-refractivity contribution in [2.24, 2.45) is 0 Å². The Kier molecular flexibility index (Phi) is 6.80. The summed E-state index contributed by atoms with van der Waals surface area (Å²) in [5, 5.41) is 12.5. The Morgan fingerprint density at radius 3 is 2.60 bits per heavy atom. The number of carboxylic acid groups (broad SMARTS) is 1. The summed E-state index contributed by atoms with van der Waals surface area (Å²) in [5.41, 5.74) is 0.378. The highest BCUT2D eigenvalue weighted by molar-refractivity contribution is 7.89. The molecule has 0 bridgehead atoms. The molecule has 0 amide bonds. The van der Waals surface area contributed by atoms with E-state index >= 15 is 0 Å². The van der Waals surface area contributed by atoms with E-state index in [0.717, 1.165) is 25.7 Å². The molecule has 3 N–H and O–H groups in total. The van der Waals surface area contributed by atoms with Gasteiger partial charge in [0.2, 0.25) is 10.0 Å². The standard InChI is InChI=1S/C17H26N2O5S/c1-12(11-24-2)19-25(22,23)16-10-13(17(20)21)8-9-15(16)18-14-6-4-3-5-7-14/h8-10,12,14,18-19H,3-7,11H2,1-2H3,(H,20,21)/t12-/m0/s1. The van der Waals surface area contributed by atoms with Crippen LogP contribution in [0.15, 0.2) is 23.1 Å². The first-order valence-electron chi connectivity index (χ1n) is 8.48. The van der Waals surface area contributed by atoms with Crippen LogP contribution in [0.1, 0.15) is 49.4 Å². The van der Waals surface area contributed by atoms with Crippen LogP contribution in [0.25, 0.3) is 0 Å². The fraction of sp³-hybridized carbons (Fsp3) is 0.588. The van der Waals surface area contributed by atoms with E-state index < -0.39 is 22.0 Å². The van der Waals surface area contributed by atoms with Crippen LogP contribution in [0.2, 0.25) is 0 Å². The molecule has 1 saturated carbocycles. The van der Waals surface area contributed by atoms with Gasteiger partial charge in [-0.05, 0) is 38.0 Å². The number of aromatic carboxylic acids is 1. The second-order valence-corrected chi connectivity index (χ2v) is 8.16.